The van der Waals surface area contributed by atoms with E-state index < -0.39 is 0 Å². The Bertz CT molecular complexity index is 326. The summed E-state index contributed by atoms with van der Waals surface area (Å²) in [6, 6.07) is 3.33. The molecule has 90 valence electrons. The van der Waals surface area contributed by atoms with Gasteiger partial charge in [-0.25, -0.2) is 0 Å². The molecule has 3 N–H and O–H groups in total. The molecule has 1 rings (SSSR count). The van der Waals surface area contributed by atoms with Crippen LogP contribution in [0.1, 0.15) is 0 Å². The number of halogens is 2. The highest BCUT2D eigenvalue weighted by molar-refractivity contribution is 9.10. The van der Waals surface area contributed by atoms with Crippen molar-refractivity contribution < 1.29 is 14.6 Å². The maximum absolute atomic E-state index is 8.49. The highest BCUT2D eigenvalue weighted by Gasteiger charge is 2.07. The van der Waals surface area contributed by atoms with Gasteiger partial charge in [0.15, 0.2) is 5.75 Å². The van der Waals surface area contributed by atoms with E-state index in [1.807, 2.05) is 0 Å². The van der Waals surface area contributed by atoms with Crippen LogP contribution in [-0.4, -0.2) is 31.5 Å². The molecule has 0 radical (unpaired) electrons. The van der Waals surface area contributed by atoms with Gasteiger partial charge < -0.3 is 20.3 Å². The van der Waals surface area contributed by atoms with Crippen molar-refractivity contribution in [1.82, 2.24) is 0 Å². The van der Waals surface area contributed by atoms with Crippen LogP contribution in [-0.2, 0) is 4.74 Å². The van der Waals surface area contributed by atoms with E-state index in [1.54, 1.807) is 12.1 Å². The molecule has 6 heteroatoms. The number of benzene rings is 1. The van der Waals surface area contributed by atoms with Crippen LogP contribution in [0.4, 0.5) is 5.69 Å². The zero-order valence-electron chi connectivity index (χ0n) is 8.58. The Morgan fingerprint density at radius 1 is 1.31 bits per heavy atom. The average molecular weight is 311 g/mol. The lowest BCUT2D eigenvalue weighted by molar-refractivity contribution is 0.0705. The van der Waals surface area contributed by atoms with Gasteiger partial charge in [0.1, 0.15) is 6.61 Å². The van der Waals surface area contributed by atoms with Crippen molar-refractivity contribution in [2.75, 3.05) is 32.2 Å². The predicted octanol–water partition coefficient (Wildman–Crippen LogP) is 2.07. The summed E-state index contributed by atoms with van der Waals surface area (Å²) in [6.07, 6.45) is 0. The second-order valence-electron chi connectivity index (χ2n) is 2.99. The Kier molecular flexibility index (Phi) is 5.90. The smallest absolute Gasteiger partial charge is 0.156 e. The van der Waals surface area contributed by atoms with E-state index in [4.69, 9.17) is 31.9 Å². The molecule has 1 aromatic carbocycles. The van der Waals surface area contributed by atoms with Crippen LogP contribution in [0.5, 0.6) is 5.75 Å². The van der Waals surface area contributed by atoms with Crippen LogP contribution in [0.15, 0.2) is 16.6 Å². The zero-order chi connectivity index (χ0) is 12.0. The van der Waals surface area contributed by atoms with Crippen LogP contribution in [0, 0.1) is 0 Å². The Hall–Kier alpha value is -0.490. The summed E-state index contributed by atoms with van der Waals surface area (Å²) in [5.41, 5.74) is 6.22. The van der Waals surface area contributed by atoms with Crippen LogP contribution >= 0.6 is 27.5 Å². The Morgan fingerprint density at radius 2 is 2.06 bits per heavy atom. The molecular weight excluding hydrogens is 297 g/mol. The molecule has 1 aromatic rings. The second kappa shape index (κ2) is 6.96. The van der Waals surface area contributed by atoms with Gasteiger partial charge >= 0.3 is 0 Å². The van der Waals surface area contributed by atoms with Gasteiger partial charge in [0.05, 0.1) is 30.0 Å². The number of aliphatic hydroxyl groups excluding tert-OH is 1. The summed E-state index contributed by atoms with van der Waals surface area (Å²) in [7, 11) is 0. The van der Waals surface area contributed by atoms with E-state index in [2.05, 4.69) is 15.9 Å². The third-order valence-electron chi connectivity index (χ3n) is 1.75. The molecular formula is C10H13BrClNO3. The maximum Gasteiger partial charge on any atom is 0.156 e. The van der Waals surface area contributed by atoms with Crippen molar-refractivity contribution >= 4 is 33.2 Å². The average Bonchev–Trinajstić information content (AvgIpc) is 2.20. The van der Waals surface area contributed by atoms with E-state index in [9.17, 15) is 0 Å². The molecule has 0 aliphatic heterocycles. The molecule has 0 aliphatic carbocycles. The summed E-state index contributed by atoms with van der Waals surface area (Å²) in [5.74, 6) is 0.553. The summed E-state index contributed by atoms with van der Waals surface area (Å²) in [5, 5.41) is 9.04. The molecule has 16 heavy (non-hydrogen) atoms. The minimum absolute atomic E-state index is 0.00672. The van der Waals surface area contributed by atoms with Gasteiger partial charge in [-0.2, -0.15) is 0 Å². The number of hydrogen-bond donors (Lipinski definition) is 2. The first-order valence-electron chi connectivity index (χ1n) is 4.71. The van der Waals surface area contributed by atoms with Gasteiger partial charge in [-0.3, -0.25) is 0 Å². The van der Waals surface area contributed by atoms with Gasteiger partial charge in [0.25, 0.3) is 0 Å². The highest BCUT2D eigenvalue weighted by atomic mass is 79.9. The first-order valence-corrected chi connectivity index (χ1v) is 5.88. The fourth-order valence-electron chi connectivity index (χ4n) is 1.10. The lowest BCUT2D eigenvalue weighted by atomic mass is 10.3. The minimum Gasteiger partial charge on any atom is -0.488 e. The van der Waals surface area contributed by atoms with Gasteiger partial charge in [-0.05, 0) is 28.1 Å². The van der Waals surface area contributed by atoms with E-state index in [0.29, 0.717) is 40.8 Å². The van der Waals surface area contributed by atoms with Crippen molar-refractivity contribution in [3.05, 3.63) is 21.6 Å². The normalized spacial score (nSPS) is 10.4. The van der Waals surface area contributed by atoms with Crippen LogP contribution < -0.4 is 10.5 Å². The summed E-state index contributed by atoms with van der Waals surface area (Å²) in [4.78, 5) is 0. The van der Waals surface area contributed by atoms with Gasteiger partial charge in [0, 0.05) is 5.02 Å². The molecule has 0 aliphatic rings. The Morgan fingerprint density at radius 3 is 2.69 bits per heavy atom. The molecule has 0 spiro atoms. The molecule has 0 saturated carbocycles. The number of anilines is 1. The number of rotatable bonds is 6. The van der Waals surface area contributed by atoms with Crippen LogP contribution in [0.2, 0.25) is 5.02 Å². The van der Waals surface area contributed by atoms with E-state index in [-0.39, 0.29) is 6.61 Å². The van der Waals surface area contributed by atoms with Crippen LogP contribution in [0.25, 0.3) is 0 Å². The predicted molar refractivity (Wildman–Crippen MR) is 67.0 cm³/mol. The molecule has 0 bridgehead atoms. The summed E-state index contributed by atoms with van der Waals surface area (Å²) >= 11 is 9.12. The lowest BCUT2D eigenvalue weighted by Crippen LogP contribution is -2.10. The molecule has 0 amide bonds. The first-order chi connectivity index (χ1) is 7.65. The monoisotopic (exact) mass is 309 g/mol. The fraction of sp³-hybridized carbons (Fsp3) is 0.400. The number of hydrogen-bond acceptors (Lipinski definition) is 4. The standard InChI is InChI=1S/C10H13BrClNO3/c11-8-5-7(12)6-9(13)10(8)16-4-3-15-2-1-14/h5-6,14H,1-4,13H2. The van der Waals surface area contributed by atoms with E-state index in [1.165, 1.54) is 0 Å². The third-order valence-corrected chi connectivity index (χ3v) is 2.55. The van der Waals surface area contributed by atoms with Crippen molar-refractivity contribution in [3.63, 3.8) is 0 Å². The van der Waals surface area contributed by atoms with E-state index >= 15 is 0 Å². The van der Waals surface area contributed by atoms with Crippen molar-refractivity contribution in [1.29, 1.82) is 0 Å². The lowest BCUT2D eigenvalue weighted by Gasteiger charge is -2.11. The molecule has 0 saturated heterocycles. The van der Waals surface area contributed by atoms with Gasteiger partial charge in [-0.1, -0.05) is 11.6 Å². The van der Waals surface area contributed by atoms with Crippen molar-refractivity contribution in [3.8, 4) is 5.75 Å². The molecule has 0 heterocycles. The molecule has 0 aromatic heterocycles. The third kappa shape index (κ3) is 4.17. The van der Waals surface area contributed by atoms with Gasteiger partial charge in [0.2, 0.25) is 0 Å². The largest absolute Gasteiger partial charge is 0.488 e. The molecule has 0 unspecified atom stereocenters. The SMILES string of the molecule is Nc1cc(Cl)cc(Br)c1OCCOCCO. The Labute approximate surface area is 107 Å². The quantitative estimate of drug-likeness (QED) is 0.623. The zero-order valence-corrected chi connectivity index (χ0v) is 10.9. The second-order valence-corrected chi connectivity index (χ2v) is 4.28. The topological polar surface area (TPSA) is 64.7 Å². The molecule has 0 fully saturated rings. The Balaban J connectivity index is 2.47. The summed E-state index contributed by atoms with van der Waals surface area (Å²) < 4.78 is 11.2. The van der Waals surface area contributed by atoms with Crippen molar-refractivity contribution in [2.24, 2.45) is 0 Å². The molecule has 4 nitrogen and oxygen atoms in total. The number of nitrogen functional groups attached to an aromatic ring is 1. The van der Waals surface area contributed by atoms with Gasteiger partial charge in [-0.15, -0.1) is 0 Å². The number of nitrogens with two attached hydrogens (primary N) is 1. The van der Waals surface area contributed by atoms with Crippen molar-refractivity contribution in [2.45, 2.75) is 0 Å². The summed E-state index contributed by atoms with van der Waals surface area (Å²) in [6.45, 7) is 1.08. The highest BCUT2D eigenvalue weighted by Crippen LogP contribution is 2.34. The minimum atomic E-state index is 0.00672. The molecule has 0 atom stereocenters. The fourth-order valence-corrected chi connectivity index (χ4v) is 2.05. The number of ether oxygens (including phenoxy) is 2. The maximum atomic E-state index is 8.49. The number of aliphatic hydroxyl groups is 1. The van der Waals surface area contributed by atoms with Crippen LogP contribution in [0.3, 0.4) is 0 Å². The van der Waals surface area contributed by atoms with E-state index in [0.717, 1.165) is 0 Å². The first kappa shape index (κ1) is 13.6.